The lowest BCUT2D eigenvalue weighted by Crippen LogP contribution is -2.65. The van der Waals surface area contributed by atoms with Crippen LogP contribution in [0.4, 0.5) is 0 Å². The average molecular weight is 173 g/mol. The third-order valence-corrected chi connectivity index (χ3v) is 2.43. The number of carboxylic acids is 1. The fourth-order valence-electron chi connectivity index (χ4n) is 1.40. The van der Waals surface area contributed by atoms with E-state index in [9.17, 15) is 9.90 Å². The Labute approximate surface area is 71.8 Å². The maximum atomic E-state index is 10.3. The van der Waals surface area contributed by atoms with Gasteiger partial charge in [0.05, 0.1) is 12.1 Å². The topological polar surface area (TPSA) is 60.8 Å². The maximum Gasteiger partial charge on any atom is 0.317 e. The van der Waals surface area contributed by atoms with Gasteiger partial charge >= 0.3 is 5.97 Å². The van der Waals surface area contributed by atoms with Gasteiger partial charge in [0.25, 0.3) is 0 Å². The number of β-amino-alcohol motifs (C(OH)–C–C–N with tert-alkyl or cyclic N) is 1. The van der Waals surface area contributed by atoms with Crippen LogP contribution < -0.4 is 0 Å². The first-order chi connectivity index (χ1) is 5.44. The molecule has 0 atom stereocenters. The van der Waals surface area contributed by atoms with Crippen molar-refractivity contribution in [2.75, 3.05) is 19.6 Å². The quantitative estimate of drug-likeness (QED) is 0.619. The monoisotopic (exact) mass is 173 g/mol. The summed E-state index contributed by atoms with van der Waals surface area (Å²) in [6, 6.07) is 0. The highest BCUT2D eigenvalue weighted by Crippen LogP contribution is 2.27. The molecule has 2 N–H and O–H groups in total. The van der Waals surface area contributed by atoms with E-state index in [0.717, 1.165) is 0 Å². The van der Waals surface area contributed by atoms with E-state index < -0.39 is 11.6 Å². The van der Waals surface area contributed by atoms with Crippen LogP contribution in [0.15, 0.2) is 0 Å². The van der Waals surface area contributed by atoms with Gasteiger partial charge in [-0.2, -0.15) is 0 Å². The van der Waals surface area contributed by atoms with Crippen LogP contribution >= 0.6 is 0 Å². The number of carboxylic acid groups (broad SMARTS) is 1. The lowest BCUT2D eigenvalue weighted by atomic mass is 9.83. The van der Waals surface area contributed by atoms with Gasteiger partial charge in [0.1, 0.15) is 0 Å². The van der Waals surface area contributed by atoms with Gasteiger partial charge in [-0.1, -0.05) is 13.8 Å². The van der Waals surface area contributed by atoms with Crippen molar-refractivity contribution in [2.24, 2.45) is 5.92 Å². The van der Waals surface area contributed by atoms with Gasteiger partial charge in [-0.25, -0.2) is 0 Å². The molecule has 0 unspecified atom stereocenters. The van der Waals surface area contributed by atoms with Crippen molar-refractivity contribution in [3.8, 4) is 0 Å². The number of carbonyl (C=O) groups is 1. The molecular weight excluding hydrogens is 158 g/mol. The number of hydrogen-bond acceptors (Lipinski definition) is 3. The van der Waals surface area contributed by atoms with Crippen molar-refractivity contribution in [3.63, 3.8) is 0 Å². The summed E-state index contributed by atoms with van der Waals surface area (Å²) in [5, 5.41) is 18.2. The Morgan fingerprint density at radius 3 is 2.42 bits per heavy atom. The number of aliphatic hydroxyl groups is 1. The predicted molar refractivity (Wildman–Crippen MR) is 43.9 cm³/mol. The zero-order valence-electron chi connectivity index (χ0n) is 7.45. The molecule has 0 bridgehead atoms. The Morgan fingerprint density at radius 2 is 2.08 bits per heavy atom. The summed E-state index contributed by atoms with van der Waals surface area (Å²) >= 11 is 0. The molecule has 1 rings (SSSR count). The Kier molecular flexibility index (Phi) is 2.39. The minimum Gasteiger partial charge on any atom is -0.480 e. The molecule has 4 nitrogen and oxygen atoms in total. The van der Waals surface area contributed by atoms with Crippen LogP contribution in [-0.4, -0.2) is 46.3 Å². The summed E-state index contributed by atoms with van der Waals surface area (Å²) in [6.45, 7) is 4.89. The van der Waals surface area contributed by atoms with E-state index in [1.165, 1.54) is 0 Å². The Balaban J connectivity index is 2.32. The largest absolute Gasteiger partial charge is 0.480 e. The van der Waals surface area contributed by atoms with Crippen LogP contribution in [0.2, 0.25) is 0 Å². The number of hydrogen-bond donors (Lipinski definition) is 2. The first kappa shape index (κ1) is 9.48. The van der Waals surface area contributed by atoms with Gasteiger partial charge in [0.2, 0.25) is 0 Å². The smallest absolute Gasteiger partial charge is 0.317 e. The van der Waals surface area contributed by atoms with E-state index in [1.807, 2.05) is 13.8 Å². The second kappa shape index (κ2) is 3.03. The fourth-order valence-corrected chi connectivity index (χ4v) is 1.40. The van der Waals surface area contributed by atoms with E-state index in [2.05, 4.69) is 0 Å². The maximum absolute atomic E-state index is 10.3. The predicted octanol–water partition coefficient (Wildman–Crippen LogP) is -0.226. The Hall–Kier alpha value is -0.610. The molecule has 70 valence electrons. The molecular formula is C8H15NO3. The molecule has 0 aromatic carbocycles. The normalized spacial score (nSPS) is 22.3. The van der Waals surface area contributed by atoms with Crippen molar-refractivity contribution in [1.29, 1.82) is 0 Å². The lowest BCUT2D eigenvalue weighted by Gasteiger charge is -2.48. The molecule has 1 aliphatic heterocycles. The van der Waals surface area contributed by atoms with Gasteiger partial charge in [-0.15, -0.1) is 0 Å². The summed E-state index contributed by atoms with van der Waals surface area (Å²) in [5.41, 5.74) is -0.657. The van der Waals surface area contributed by atoms with Crippen LogP contribution in [-0.2, 0) is 4.79 Å². The first-order valence-electron chi connectivity index (χ1n) is 4.10. The van der Waals surface area contributed by atoms with Gasteiger partial charge < -0.3 is 10.2 Å². The van der Waals surface area contributed by atoms with E-state index in [4.69, 9.17) is 5.11 Å². The van der Waals surface area contributed by atoms with Crippen LogP contribution in [0.1, 0.15) is 13.8 Å². The minimum absolute atomic E-state index is 0.0367. The highest BCUT2D eigenvalue weighted by atomic mass is 16.4. The molecule has 0 radical (unpaired) electrons. The van der Waals surface area contributed by atoms with Crippen molar-refractivity contribution in [2.45, 2.75) is 19.4 Å². The summed E-state index contributed by atoms with van der Waals surface area (Å²) in [5.74, 6) is -0.636. The van der Waals surface area contributed by atoms with E-state index >= 15 is 0 Å². The van der Waals surface area contributed by atoms with Crippen LogP contribution in [0.3, 0.4) is 0 Å². The zero-order valence-corrected chi connectivity index (χ0v) is 7.45. The Morgan fingerprint density at radius 1 is 1.58 bits per heavy atom. The van der Waals surface area contributed by atoms with Crippen molar-refractivity contribution in [3.05, 3.63) is 0 Å². The highest BCUT2D eigenvalue weighted by Gasteiger charge is 2.43. The molecule has 0 amide bonds. The zero-order chi connectivity index (χ0) is 9.35. The molecule has 1 saturated heterocycles. The van der Waals surface area contributed by atoms with Crippen molar-refractivity contribution >= 4 is 5.97 Å². The van der Waals surface area contributed by atoms with Gasteiger partial charge in [-0.3, -0.25) is 9.69 Å². The number of nitrogens with zero attached hydrogens (tertiary/aromatic N) is 1. The van der Waals surface area contributed by atoms with E-state index in [1.54, 1.807) is 4.90 Å². The van der Waals surface area contributed by atoms with E-state index in [-0.39, 0.29) is 12.5 Å². The fraction of sp³-hybridized carbons (Fsp3) is 0.875. The first-order valence-corrected chi connectivity index (χ1v) is 4.10. The molecule has 0 aromatic rings. The summed E-state index contributed by atoms with van der Waals surface area (Å²) in [7, 11) is 0. The standard InChI is InChI=1S/C8H15NO3/c1-6(2)8(12)4-9(5-8)3-7(10)11/h6,12H,3-5H2,1-2H3,(H,10,11). The molecule has 0 aliphatic carbocycles. The van der Waals surface area contributed by atoms with Gasteiger partial charge in [0, 0.05) is 13.1 Å². The summed E-state index contributed by atoms with van der Waals surface area (Å²) < 4.78 is 0. The minimum atomic E-state index is -0.833. The molecule has 12 heavy (non-hydrogen) atoms. The van der Waals surface area contributed by atoms with Crippen LogP contribution in [0, 0.1) is 5.92 Å². The number of likely N-dealkylation sites (tertiary alicyclic amines) is 1. The van der Waals surface area contributed by atoms with Crippen molar-refractivity contribution in [1.82, 2.24) is 4.90 Å². The molecule has 4 heteroatoms. The second-order valence-electron chi connectivity index (χ2n) is 3.80. The second-order valence-corrected chi connectivity index (χ2v) is 3.80. The summed E-state index contributed by atoms with van der Waals surface area (Å²) in [6.07, 6.45) is 0. The Bertz CT molecular complexity index is 185. The third kappa shape index (κ3) is 1.76. The molecule has 1 heterocycles. The highest BCUT2D eigenvalue weighted by molar-refractivity contribution is 5.69. The third-order valence-electron chi connectivity index (χ3n) is 2.43. The molecule has 0 aromatic heterocycles. The lowest BCUT2D eigenvalue weighted by molar-refractivity contribution is -0.153. The molecule has 0 spiro atoms. The number of aliphatic carboxylic acids is 1. The average Bonchev–Trinajstić information content (AvgIpc) is 1.82. The summed E-state index contributed by atoms with van der Waals surface area (Å²) in [4.78, 5) is 12.0. The van der Waals surface area contributed by atoms with E-state index in [0.29, 0.717) is 13.1 Å². The SMILES string of the molecule is CC(C)C1(O)CN(CC(=O)O)C1. The number of rotatable bonds is 3. The van der Waals surface area contributed by atoms with Crippen molar-refractivity contribution < 1.29 is 15.0 Å². The molecule has 0 saturated carbocycles. The van der Waals surface area contributed by atoms with Crippen LogP contribution in [0.5, 0.6) is 0 Å². The molecule has 1 aliphatic rings. The molecule has 1 fully saturated rings. The van der Waals surface area contributed by atoms with Gasteiger partial charge in [-0.05, 0) is 5.92 Å². The van der Waals surface area contributed by atoms with Gasteiger partial charge in [0.15, 0.2) is 0 Å². The van der Waals surface area contributed by atoms with Crippen LogP contribution in [0.25, 0.3) is 0 Å².